The fraction of sp³-hybridized carbons (Fsp3) is 0.171. The molecule has 5 nitrogen and oxygen atoms in total. The van der Waals surface area contributed by atoms with E-state index >= 15 is 0 Å². The molecule has 6 aromatic rings. The van der Waals surface area contributed by atoms with Gasteiger partial charge in [-0.3, -0.25) is 0 Å². The van der Waals surface area contributed by atoms with Crippen molar-refractivity contribution in [2.24, 2.45) is 0 Å². The lowest BCUT2D eigenvalue weighted by Crippen LogP contribution is -2.37. The molecule has 2 N–H and O–H groups in total. The molecule has 0 saturated carbocycles. The van der Waals surface area contributed by atoms with Gasteiger partial charge in [0, 0.05) is 22.4 Å². The largest absolute Gasteiger partial charge is 0.481 e. The molecule has 4 aromatic carbocycles. The number of hydrogen-bond acceptors (Lipinski definition) is 5. The summed E-state index contributed by atoms with van der Waals surface area (Å²) in [5.74, 6) is 0.822. The smallest absolute Gasteiger partial charge is 0.217 e. The molecule has 2 heterocycles. The predicted molar refractivity (Wildman–Crippen MR) is 161 cm³/mol. The van der Waals surface area contributed by atoms with Crippen LogP contribution in [0, 0.1) is 0 Å². The van der Waals surface area contributed by atoms with E-state index < -0.39 is 11.5 Å². The molecule has 200 valence electrons. The SMILES string of the molecule is CNCCC(O)(c1cccc2ccccc12)C(c1ccccc1)c1cc2cc(-c3ccco3)ccc2nc1OC. The minimum atomic E-state index is -1.29. The maximum Gasteiger partial charge on any atom is 0.217 e. The van der Waals surface area contributed by atoms with Gasteiger partial charge in [0.15, 0.2) is 0 Å². The molecule has 2 unspecified atom stereocenters. The second kappa shape index (κ2) is 11.0. The summed E-state index contributed by atoms with van der Waals surface area (Å²) in [6.07, 6.45) is 2.15. The Morgan fingerprint density at radius 3 is 2.45 bits per heavy atom. The molecule has 0 aliphatic heterocycles. The first-order valence-electron chi connectivity index (χ1n) is 13.5. The van der Waals surface area contributed by atoms with E-state index in [4.69, 9.17) is 14.1 Å². The van der Waals surface area contributed by atoms with Crippen molar-refractivity contribution in [3.8, 4) is 17.2 Å². The second-order valence-corrected chi connectivity index (χ2v) is 10.1. The lowest BCUT2D eigenvalue weighted by atomic mass is 9.70. The lowest BCUT2D eigenvalue weighted by molar-refractivity contribution is 0.0118. The van der Waals surface area contributed by atoms with Crippen LogP contribution >= 0.6 is 0 Å². The van der Waals surface area contributed by atoms with Crippen LogP contribution in [0.3, 0.4) is 0 Å². The van der Waals surface area contributed by atoms with Gasteiger partial charge in [-0.15, -0.1) is 0 Å². The van der Waals surface area contributed by atoms with Crippen LogP contribution in [0.1, 0.15) is 29.0 Å². The fourth-order valence-corrected chi connectivity index (χ4v) is 5.85. The number of aromatic nitrogens is 1. The first-order valence-corrected chi connectivity index (χ1v) is 13.5. The fourth-order valence-electron chi connectivity index (χ4n) is 5.85. The summed E-state index contributed by atoms with van der Waals surface area (Å²) in [4.78, 5) is 4.93. The molecule has 0 amide bonds. The molecule has 2 atom stereocenters. The van der Waals surface area contributed by atoms with Gasteiger partial charge in [0.1, 0.15) is 11.4 Å². The predicted octanol–water partition coefficient (Wildman–Crippen LogP) is 7.29. The van der Waals surface area contributed by atoms with Gasteiger partial charge in [-0.1, -0.05) is 72.8 Å². The van der Waals surface area contributed by atoms with Crippen LogP contribution in [0.15, 0.2) is 120 Å². The van der Waals surface area contributed by atoms with Gasteiger partial charge in [0.2, 0.25) is 5.88 Å². The van der Waals surface area contributed by atoms with Crippen LogP contribution in [-0.4, -0.2) is 30.8 Å². The first-order chi connectivity index (χ1) is 19.6. The topological polar surface area (TPSA) is 67.5 Å². The van der Waals surface area contributed by atoms with E-state index in [9.17, 15) is 5.11 Å². The van der Waals surface area contributed by atoms with Gasteiger partial charge in [-0.05, 0) is 78.3 Å². The highest BCUT2D eigenvalue weighted by Gasteiger charge is 2.43. The van der Waals surface area contributed by atoms with E-state index in [1.807, 2.05) is 73.8 Å². The minimum absolute atomic E-state index is 0.466. The molecule has 0 spiro atoms. The van der Waals surface area contributed by atoms with Gasteiger partial charge < -0.3 is 19.6 Å². The van der Waals surface area contributed by atoms with Crippen molar-refractivity contribution in [2.75, 3.05) is 20.7 Å². The zero-order chi connectivity index (χ0) is 27.5. The maximum atomic E-state index is 13.0. The Morgan fingerprint density at radius 1 is 0.875 bits per heavy atom. The molecule has 0 fully saturated rings. The summed E-state index contributed by atoms with van der Waals surface area (Å²) >= 11 is 0. The highest BCUT2D eigenvalue weighted by atomic mass is 16.5. The highest BCUT2D eigenvalue weighted by molar-refractivity contribution is 5.87. The van der Waals surface area contributed by atoms with Crippen LogP contribution in [0.5, 0.6) is 5.88 Å². The quantitative estimate of drug-likeness (QED) is 0.206. The molecule has 6 rings (SSSR count). The van der Waals surface area contributed by atoms with Crippen LogP contribution in [-0.2, 0) is 5.60 Å². The van der Waals surface area contributed by atoms with Crippen LogP contribution in [0.25, 0.3) is 33.0 Å². The Kier molecular flexibility index (Phi) is 7.08. The Labute approximate surface area is 234 Å². The van der Waals surface area contributed by atoms with Crippen molar-refractivity contribution in [3.05, 3.63) is 132 Å². The minimum Gasteiger partial charge on any atom is -0.481 e. The highest BCUT2D eigenvalue weighted by Crippen LogP contribution is 2.48. The normalized spacial score (nSPS) is 13.8. The number of ether oxygens (including phenoxy) is 1. The summed E-state index contributed by atoms with van der Waals surface area (Å²) in [7, 11) is 3.55. The number of rotatable bonds is 9. The van der Waals surface area contributed by atoms with Gasteiger partial charge in [0.05, 0.1) is 18.9 Å². The standard InChI is InChI=1S/C35H32N2O3/c1-36-20-19-35(38,30-15-8-13-24-10-6-7-14-28(24)30)33(25-11-4-3-5-12-25)29-23-27-22-26(32-16-9-21-40-32)17-18-31(27)37-34(29)39-2/h3-18,21-23,33,36,38H,19-20H2,1-2H3. The van der Waals surface area contributed by atoms with E-state index in [0.29, 0.717) is 18.8 Å². The first kappa shape index (κ1) is 25.8. The van der Waals surface area contributed by atoms with Crippen molar-refractivity contribution in [2.45, 2.75) is 17.9 Å². The Hall–Kier alpha value is -4.45. The molecule has 0 radical (unpaired) electrons. The van der Waals surface area contributed by atoms with Crippen LogP contribution in [0.2, 0.25) is 0 Å². The van der Waals surface area contributed by atoms with Gasteiger partial charge >= 0.3 is 0 Å². The molecule has 0 aliphatic carbocycles. The monoisotopic (exact) mass is 528 g/mol. The Morgan fingerprint density at radius 2 is 1.68 bits per heavy atom. The van der Waals surface area contributed by atoms with Crippen molar-refractivity contribution in [3.63, 3.8) is 0 Å². The number of pyridine rings is 1. The van der Waals surface area contributed by atoms with Crippen LogP contribution in [0.4, 0.5) is 0 Å². The van der Waals surface area contributed by atoms with E-state index in [0.717, 1.165) is 49.7 Å². The molecular formula is C35H32N2O3. The molecule has 2 aromatic heterocycles. The summed E-state index contributed by atoms with van der Waals surface area (Å²) in [5, 5.41) is 19.4. The van der Waals surface area contributed by atoms with Gasteiger partial charge in [0.25, 0.3) is 0 Å². The number of methoxy groups -OCH3 is 1. The third kappa shape index (κ3) is 4.64. The zero-order valence-electron chi connectivity index (χ0n) is 22.7. The number of nitrogens with one attached hydrogen (secondary N) is 1. The number of fused-ring (bicyclic) bond motifs is 2. The number of benzene rings is 4. The van der Waals surface area contributed by atoms with Crippen LogP contribution < -0.4 is 10.1 Å². The molecule has 0 saturated heterocycles. The zero-order valence-corrected chi connectivity index (χ0v) is 22.7. The van der Waals surface area contributed by atoms with Crippen molar-refractivity contribution in [1.29, 1.82) is 0 Å². The molecule has 5 heteroatoms. The van der Waals surface area contributed by atoms with E-state index in [-0.39, 0.29) is 0 Å². The second-order valence-electron chi connectivity index (χ2n) is 10.1. The average molecular weight is 529 g/mol. The van der Waals surface area contributed by atoms with E-state index in [1.165, 1.54) is 0 Å². The summed E-state index contributed by atoms with van der Waals surface area (Å²) in [6, 6.07) is 36.6. The summed E-state index contributed by atoms with van der Waals surface area (Å²) in [6.45, 7) is 0.620. The Balaban J connectivity index is 1.64. The number of aliphatic hydroxyl groups is 1. The van der Waals surface area contributed by atoms with Crippen molar-refractivity contribution >= 4 is 21.7 Å². The van der Waals surface area contributed by atoms with Crippen molar-refractivity contribution in [1.82, 2.24) is 10.3 Å². The molecule has 0 bridgehead atoms. The summed E-state index contributed by atoms with van der Waals surface area (Å²) < 4.78 is 11.6. The van der Waals surface area contributed by atoms with E-state index in [2.05, 4.69) is 47.8 Å². The van der Waals surface area contributed by atoms with E-state index in [1.54, 1.807) is 13.4 Å². The maximum absolute atomic E-state index is 13.0. The summed E-state index contributed by atoms with van der Waals surface area (Å²) in [5.41, 5.74) is 3.17. The number of nitrogens with zero attached hydrogens (tertiary/aromatic N) is 1. The molecule has 40 heavy (non-hydrogen) atoms. The van der Waals surface area contributed by atoms with Gasteiger partial charge in [-0.2, -0.15) is 0 Å². The number of furan rings is 1. The van der Waals surface area contributed by atoms with Gasteiger partial charge in [-0.25, -0.2) is 4.98 Å². The number of hydrogen-bond donors (Lipinski definition) is 2. The van der Waals surface area contributed by atoms with Crippen molar-refractivity contribution < 1.29 is 14.3 Å². The molecular weight excluding hydrogens is 496 g/mol. The lowest BCUT2D eigenvalue weighted by Gasteiger charge is -2.39. The third-order valence-corrected chi connectivity index (χ3v) is 7.74. The third-order valence-electron chi connectivity index (χ3n) is 7.74. The Bertz CT molecular complexity index is 1740. The molecule has 0 aliphatic rings. The average Bonchev–Trinajstić information content (AvgIpc) is 3.55.